The molecule has 0 aliphatic carbocycles. The molecule has 1 atom stereocenters. The van der Waals surface area contributed by atoms with Gasteiger partial charge in [0.05, 0.1) is 25.1 Å². The van der Waals surface area contributed by atoms with E-state index in [1.165, 1.54) is 0 Å². The average molecular weight is 447 g/mol. The Balaban J connectivity index is 1.33. The lowest BCUT2D eigenvalue weighted by atomic mass is 10.0. The zero-order chi connectivity index (χ0) is 22.9. The van der Waals surface area contributed by atoms with E-state index in [4.69, 9.17) is 5.11 Å². The monoisotopic (exact) mass is 447 g/mol. The summed E-state index contributed by atoms with van der Waals surface area (Å²) in [5.41, 5.74) is 1.99. The zero-order valence-corrected chi connectivity index (χ0v) is 17.6. The van der Waals surface area contributed by atoms with Crippen molar-refractivity contribution in [2.45, 2.75) is 25.4 Å². The maximum absolute atomic E-state index is 12.8. The predicted octanol–water partition coefficient (Wildman–Crippen LogP) is 3.24. The Morgan fingerprint density at radius 3 is 2.50 bits per heavy atom. The molecule has 0 spiro atoms. The number of carboxylic acid groups (broad SMARTS) is 1. The third-order valence-corrected chi connectivity index (χ3v) is 5.82. The van der Waals surface area contributed by atoms with Crippen LogP contribution in [0, 0.1) is 6.92 Å². The topological polar surface area (TPSA) is 84.8 Å². The molecule has 10 heteroatoms. The summed E-state index contributed by atoms with van der Waals surface area (Å²) in [6.45, 7) is 5.39. The number of rotatable bonds is 4. The standard InChI is InChI=1S/C22H24F3N5O2/c1-14-10-17(4-2-15(14)11-20(31)32)29-6-8-30(9-7-29)19-5-3-16(12-26-19)21-27-13-18(28-21)22(23,24)25/h2-5,10,13,16H,6-9,11-12H2,1H3,(H,27,28)(H,31,32). The summed E-state index contributed by atoms with van der Waals surface area (Å²) in [7, 11) is 0. The number of anilines is 1. The number of H-pyrrole nitrogens is 1. The number of aliphatic imine (C=N–C) groups is 1. The first-order valence-corrected chi connectivity index (χ1v) is 10.4. The van der Waals surface area contributed by atoms with Crippen molar-refractivity contribution in [3.8, 4) is 0 Å². The molecule has 0 radical (unpaired) electrons. The molecule has 170 valence electrons. The minimum absolute atomic E-state index is 0.0164. The summed E-state index contributed by atoms with van der Waals surface area (Å²) in [4.78, 5) is 26.2. The minimum Gasteiger partial charge on any atom is -0.481 e. The second-order valence-corrected chi connectivity index (χ2v) is 8.00. The minimum atomic E-state index is -4.44. The van der Waals surface area contributed by atoms with Gasteiger partial charge >= 0.3 is 12.1 Å². The Morgan fingerprint density at radius 1 is 1.22 bits per heavy atom. The molecule has 1 unspecified atom stereocenters. The fourth-order valence-corrected chi connectivity index (χ4v) is 3.99. The number of benzene rings is 1. The predicted molar refractivity (Wildman–Crippen MR) is 114 cm³/mol. The van der Waals surface area contributed by atoms with Gasteiger partial charge in [-0.1, -0.05) is 12.1 Å². The molecule has 2 aliphatic rings. The summed E-state index contributed by atoms with van der Waals surface area (Å²) < 4.78 is 38.3. The van der Waals surface area contributed by atoms with Crippen molar-refractivity contribution in [2.24, 2.45) is 4.99 Å². The Kier molecular flexibility index (Phi) is 5.94. The van der Waals surface area contributed by atoms with Crippen LogP contribution in [0.4, 0.5) is 18.9 Å². The van der Waals surface area contributed by atoms with Crippen molar-refractivity contribution < 1.29 is 23.1 Å². The van der Waals surface area contributed by atoms with Gasteiger partial charge in [0.25, 0.3) is 0 Å². The van der Waals surface area contributed by atoms with Gasteiger partial charge in [-0.3, -0.25) is 9.79 Å². The van der Waals surface area contributed by atoms with Crippen molar-refractivity contribution in [1.82, 2.24) is 14.9 Å². The van der Waals surface area contributed by atoms with Crippen LogP contribution in [0.3, 0.4) is 0 Å². The lowest BCUT2D eigenvalue weighted by molar-refractivity contribution is -0.141. The number of aromatic nitrogens is 2. The van der Waals surface area contributed by atoms with E-state index in [2.05, 4.69) is 24.8 Å². The molecule has 1 saturated heterocycles. The van der Waals surface area contributed by atoms with E-state index in [1.54, 1.807) is 0 Å². The lowest BCUT2D eigenvalue weighted by Gasteiger charge is -2.38. The summed E-state index contributed by atoms with van der Waals surface area (Å²) in [5, 5.41) is 8.99. The summed E-state index contributed by atoms with van der Waals surface area (Å²) in [6.07, 6.45) is 0.0929. The van der Waals surface area contributed by atoms with Gasteiger partial charge in [0.15, 0.2) is 0 Å². The SMILES string of the molecule is Cc1cc(N2CCN(C3=NCC(c4ncc(C(F)(F)F)[nH]4)C=C3)CC2)ccc1CC(=O)O. The first-order valence-electron chi connectivity index (χ1n) is 10.4. The number of imidazole rings is 1. The number of carbonyl (C=O) groups is 1. The van der Waals surface area contributed by atoms with Crippen molar-refractivity contribution >= 4 is 17.5 Å². The van der Waals surface area contributed by atoms with Crippen LogP contribution in [-0.2, 0) is 17.4 Å². The van der Waals surface area contributed by atoms with Gasteiger partial charge in [-0.2, -0.15) is 13.2 Å². The number of halogens is 3. The average Bonchev–Trinajstić information content (AvgIpc) is 3.26. The smallest absolute Gasteiger partial charge is 0.432 e. The molecular formula is C22H24F3N5O2. The van der Waals surface area contributed by atoms with E-state index < -0.39 is 17.8 Å². The lowest BCUT2D eigenvalue weighted by Crippen LogP contribution is -2.48. The number of alkyl halides is 3. The summed E-state index contributed by atoms with van der Waals surface area (Å²) >= 11 is 0. The molecule has 3 heterocycles. The molecule has 1 aromatic carbocycles. The molecule has 7 nitrogen and oxygen atoms in total. The highest BCUT2D eigenvalue weighted by Gasteiger charge is 2.34. The normalized spacial score (nSPS) is 19.2. The Bertz CT molecular complexity index is 1050. The van der Waals surface area contributed by atoms with E-state index in [1.807, 2.05) is 37.3 Å². The molecule has 0 saturated carbocycles. The number of carboxylic acids is 1. The highest BCUT2D eigenvalue weighted by Crippen LogP contribution is 2.29. The van der Waals surface area contributed by atoms with Crippen LogP contribution in [0.25, 0.3) is 0 Å². The summed E-state index contributed by atoms with van der Waals surface area (Å²) in [6, 6.07) is 5.86. The highest BCUT2D eigenvalue weighted by molar-refractivity contribution is 5.94. The Morgan fingerprint density at radius 2 is 1.94 bits per heavy atom. The number of dihydropyridines is 1. The number of aromatic amines is 1. The number of nitrogens with one attached hydrogen (secondary N) is 1. The second kappa shape index (κ2) is 8.68. The first kappa shape index (κ1) is 21.9. The number of amidine groups is 1. The molecule has 1 fully saturated rings. The van der Waals surface area contributed by atoms with E-state index in [0.29, 0.717) is 6.54 Å². The molecule has 2 aromatic rings. The van der Waals surface area contributed by atoms with Crippen molar-refractivity contribution in [3.05, 3.63) is 59.2 Å². The number of piperazine rings is 1. The summed E-state index contributed by atoms with van der Waals surface area (Å²) in [5.74, 6) is -0.0475. The number of hydrogen-bond donors (Lipinski definition) is 2. The first-order chi connectivity index (χ1) is 15.2. The molecule has 4 rings (SSSR count). The number of aliphatic carboxylic acids is 1. The van der Waals surface area contributed by atoms with E-state index in [9.17, 15) is 18.0 Å². The van der Waals surface area contributed by atoms with Crippen molar-refractivity contribution in [1.29, 1.82) is 0 Å². The zero-order valence-electron chi connectivity index (χ0n) is 17.6. The third kappa shape index (κ3) is 4.79. The van der Waals surface area contributed by atoms with E-state index in [0.717, 1.165) is 55.0 Å². The van der Waals surface area contributed by atoms with Gasteiger partial charge in [0.1, 0.15) is 17.4 Å². The molecule has 0 bridgehead atoms. The Hall–Kier alpha value is -3.30. The largest absolute Gasteiger partial charge is 0.481 e. The third-order valence-electron chi connectivity index (χ3n) is 5.82. The fraction of sp³-hybridized carbons (Fsp3) is 0.409. The van der Waals surface area contributed by atoms with Gasteiger partial charge in [-0.15, -0.1) is 0 Å². The second-order valence-electron chi connectivity index (χ2n) is 8.00. The van der Waals surface area contributed by atoms with E-state index in [-0.39, 0.29) is 18.2 Å². The van der Waals surface area contributed by atoms with E-state index >= 15 is 0 Å². The van der Waals surface area contributed by atoms with Crippen LogP contribution >= 0.6 is 0 Å². The van der Waals surface area contributed by atoms with Crippen molar-refractivity contribution in [2.75, 3.05) is 37.6 Å². The maximum Gasteiger partial charge on any atom is 0.432 e. The highest BCUT2D eigenvalue weighted by atomic mass is 19.4. The van der Waals surface area contributed by atoms with Crippen LogP contribution in [0.15, 0.2) is 41.5 Å². The number of aryl methyl sites for hydroxylation is 1. The van der Waals surface area contributed by atoms with Gasteiger partial charge < -0.3 is 19.9 Å². The quantitative estimate of drug-likeness (QED) is 0.752. The van der Waals surface area contributed by atoms with Crippen LogP contribution in [-0.4, -0.2) is 64.5 Å². The van der Waals surface area contributed by atoms with Gasteiger partial charge in [0.2, 0.25) is 0 Å². The van der Waals surface area contributed by atoms with Gasteiger partial charge in [0, 0.05) is 31.9 Å². The van der Waals surface area contributed by atoms with Crippen molar-refractivity contribution in [3.63, 3.8) is 0 Å². The Labute approximate surface area is 183 Å². The number of hydrogen-bond acceptors (Lipinski definition) is 5. The maximum atomic E-state index is 12.8. The molecule has 0 amide bonds. The van der Waals surface area contributed by atoms with Crippen LogP contribution in [0.5, 0.6) is 0 Å². The number of nitrogens with zero attached hydrogens (tertiary/aromatic N) is 4. The molecule has 2 N–H and O–H groups in total. The van der Waals surface area contributed by atoms with Crippen LogP contribution in [0.1, 0.15) is 28.6 Å². The molecule has 2 aliphatic heterocycles. The fourth-order valence-electron chi connectivity index (χ4n) is 3.99. The van der Waals surface area contributed by atoms with Gasteiger partial charge in [-0.05, 0) is 36.3 Å². The molecule has 1 aromatic heterocycles. The molecular weight excluding hydrogens is 423 g/mol. The molecule has 32 heavy (non-hydrogen) atoms. The van der Waals surface area contributed by atoms with Gasteiger partial charge in [-0.25, -0.2) is 4.98 Å². The van der Waals surface area contributed by atoms with Crippen LogP contribution < -0.4 is 4.90 Å². The van der Waals surface area contributed by atoms with Crippen LogP contribution in [0.2, 0.25) is 0 Å².